The van der Waals surface area contributed by atoms with Crippen molar-refractivity contribution in [3.8, 4) is 5.75 Å². The van der Waals surface area contributed by atoms with Crippen LogP contribution in [0.5, 0.6) is 5.75 Å². The summed E-state index contributed by atoms with van der Waals surface area (Å²) in [5.74, 6) is 1.01. The highest BCUT2D eigenvalue weighted by molar-refractivity contribution is 5.60. The Labute approximate surface area is 72.7 Å². The van der Waals surface area contributed by atoms with Gasteiger partial charge in [0.05, 0.1) is 6.61 Å². The Hall–Kier alpha value is -1.24. The Morgan fingerprint density at radius 3 is 3.00 bits per heavy atom. The lowest BCUT2D eigenvalue weighted by atomic mass is 10.1. The molecule has 0 spiro atoms. The van der Waals surface area contributed by atoms with Gasteiger partial charge < -0.3 is 4.74 Å². The van der Waals surface area contributed by atoms with E-state index in [1.807, 2.05) is 18.2 Å². The van der Waals surface area contributed by atoms with Crippen molar-refractivity contribution in [3.63, 3.8) is 0 Å². The van der Waals surface area contributed by atoms with Crippen molar-refractivity contribution in [2.24, 2.45) is 0 Å². The van der Waals surface area contributed by atoms with E-state index in [1.165, 1.54) is 11.1 Å². The molecule has 0 amide bonds. The van der Waals surface area contributed by atoms with Gasteiger partial charge in [-0.15, -0.1) is 0 Å². The zero-order valence-electron chi connectivity index (χ0n) is 7.21. The summed E-state index contributed by atoms with van der Waals surface area (Å²) in [5.41, 5.74) is 2.59. The van der Waals surface area contributed by atoms with Gasteiger partial charge in [0.15, 0.2) is 0 Å². The minimum atomic E-state index is 0.805. The first kappa shape index (κ1) is 7.41. The summed E-state index contributed by atoms with van der Waals surface area (Å²) < 4.78 is 5.57. The van der Waals surface area contributed by atoms with E-state index in [0.29, 0.717) is 0 Å². The zero-order valence-corrected chi connectivity index (χ0v) is 7.21. The van der Waals surface area contributed by atoms with Gasteiger partial charge in [-0.1, -0.05) is 29.8 Å². The predicted molar refractivity (Wildman–Crippen MR) is 50.2 cm³/mol. The van der Waals surface area contributed by atoms with Gasteiger partial charge in [-0.05, 0) is 13.0 Å². The quantitative estimate of drug-likeness (QED) is 0.567. The molecule has 0 fully saturated rings. The Morgan fingerprint density at radius 1 is 1.25 bits per heavy atom. The standard InChI is InChI=1S/C11H12O/c1-9-6-7-12-11-5-3-2-4-10(11)8-9/h2-5,8H,6-7H2,1H3. The molecule has 1 aliphatic rings. The molecule has 1 aliphatic heterocycles. The first-order chi connectivity index (χ1) is 5.86. The molecule has 0 bridgehead atoms. The van der Waals surface area contributed by atoms with Crippen molar-refractivity contribution >= 4 is 6.08 Å². The summed E-state index contributed by atoms with van der Waals surface area (Å²) >= 11 is 0. The third-order valence-electron chi connectivity index (χ3n) is 2.07. The second-order valence-electron chi connectivity index (χ2n) is 3.13. The second kappa shape index (κ2) is 3.02. The van der Waals surface area contributed by atoms with Crippen LogP contribution >= 0.6 is 0 Å². The summed E-state index contributed by atoms with van der Waals surface area (Å²) in [6.07, 6.45) is 3.23. The fraction of sp³-hybridized carbons (Fsp3) is 0.273. The predicted octanol–water partition coefficient (Wildman–Crippen LogP) is 2.87. The summed E-state index contributed by atoms with van der Waals surface area (Å²) in [7, 11) is 0. The number of fused-ring (bicyclic) bond motifs is 1. The Balaban J connectivity index is 2.47. The average Bonchev–Trinajstić information content (AvgIpc) is 2.25. The summed E-state index contributed by atoms with van der Waals surface area (Å²) in [6, 6.07) is 8.15. The van der Waals surface area contributed by atoms with Crippen LogP contribution in [0.1, 0.15) is 18.9 Å². The highest BCUT2D eigenvalue weighted by Crippen LogP contribution is 2.24. The first-order valence-electron chi connectivity index (χ1n) is 4.25. The van der Waals surface area contributed by atoms with Crippen molar-refractivity contribution in [2.75, 3.05) is 6.61 Å². The van der Waals surface area contributed by atoms with Crippen molar-refractivity contribution < 1.29 is 4.74 Å². The SMILES string of the molecule is CC1=Cc2ccccc2OCC1. The number of hydrogen-bond donors (Lipinski definition) is 0. The lowest BCUT2D eigenvalue weighted by molar-refractivity contribution is 0.324. The van der Waals surface area contributed by atoms with Crippen LogP contribution < -0.4 is 4.74 Å². The van der Waals surface area contributed by atoms with Crippen molar-refractivity contribution in [1.29, 1.82) is 0 Å². The van der Waals surface area contributed by atoms with E-state index in [1.54, 1.807) is 0 Å². The first-order valence-corrected chi connectivity index (χ1v) is 4.25. The molecule has 1 heterocycles. The summed E-state index contributed by atoms with van der Waals surface area (Å²) in [6.45, 7) is 2.95. The topological polar surface area (TPSA) is 9.23 Å². The molecule has 2 rings (SSSR count). The Bertz CT molecular complexity index is 313. The molecule has 1 aromatic carbocycles. The van der Waals surface area contributed by atoms with Gasteiger partial charge in [-0.2, -0.15) is 0 Å². The Kier molecular flexibility index (Phi) is 1.86. The van der Waals surface area contributed by atoms with E-state index in [9.17, 15) is 0 Å². The van der Waals surface area contributed by atoms with Gasteiger partial charge in [-0.3, -0.25) is 0 Å². The smallest absolute Gasteiger partial charge is 0.126 e. The van der Waals surface area contributed by atoms with Crippen molar-refractivity contribution in [1.82, 2.24) is 0 Å². The zero-order chi connectivity index (χ0) is 8.39. The van der Waals surface area contributed by atoms with E-state index in [0.717, 1.165) is 18.8 Å². The minimum absolute atomic E-state index is 0.805. The molecule has 0 unspecified atom stereocenters. The maximum atomic E-state index is 5.57. The van der Waals surface area contributed by atoms with Gasteiger partial charge in [0, 0.05) is 12.0 Å². The number of para-hydroxylation sites is 1. The van der Waals surface area contributed by atoms with Crippen LogP contribution in [-0.4, -0.2) is 6.61 Å². The average molecular weight is 160 g/mol. The van der Waals surface area contributed by atoms with Gasteiger partial charge in [0.2, 0.25) is 0 Å². The number of ether oxygens (including phenoxy) is 1. The number of rotatable bonds is 0. The molecular formula is C11H12O. The van der Waals surface area contributed by atoms with E-state index in [-0.39, 0.29) is 0 Å². The molecule has 0 saturated carbocycles. The van der Waals surface area contributed by atoms with Gasteiger partial charge in [-0.25, -0.2) is 0 Å². The summed E-state index contributed by atoms with van der Waals surface area (Å²) in [5, 5.41) is 0. The normalized spacial score (nSPS) is 15.6. The fourth-order valence-electron chi connectivity index (χ4n) is 1.39. The second-order valence-corrected chi connectivity index (χ2v) is 3.13. The van der Waals surface area contributed by atoms with Crippen LogP contribution in [0, 0.1) is 0 Å². The van der Waals surface area contributed by atoms with E-state index < -0.39 is 0 Å². The molecule has 62 valence electrons. The highest BCUT2D eigenvalue weighted by atomic mass is 16.5. The molecule has 0 saturated heterocycles. The lowest BCUT2D eigenvalue weighted by Gasteiger charge is -2.03. The molecular weight excluding hydrogens is 148 g/mol. The monoisotopic (exact) mass is 160 g/mol. The van der Waals surface area contributed by atoms with E-state index in [4.69, 9.17) is 4.74 Å². The van der Waals surface area contributed by atoms with Crippen LogP contribution in [0.25, 0.3) is 6.08 Å². The van der Waals surface area contributed by atoms with Gasteiger partial charge in [0.1, 0.15) is 5.75 Å². The van der Waals surface area contributed by atoms with Crippen LogP contribution in [-0.2, 0) is 0 Å². The third-order valence-corrected chi connectivity index (χ3v) is 2.07. The number of hydrogen-bond acceptors (Lipinski definition) is 1. The minimum Gasteiger partial charge on any atom is -0.493 e. The van der Waals surface area contributed by atoms with Crippen LogP contribution in [0.3, 0.4) is 0 Å². The van der Waals surface area contributed by atoms with Crippen molar-refractivity contribution in [3.05, 3.63) is 35.4 Å². The molecule has 0 radical (unpaired) electrons. The van der Waals surface area contributed by atoms with Crippen LogP contribution in [0.2, 0.25) is 0 Å². The fourth-order valence-corrected chi connectivity index (χ4v) is 1.39. The number of benzene rings is 1. The third kappa shape index (κ3) is 1.35. The van der Waals surface area contributed by atoms with Crippen LogP contribution in [0.15, 0.2) is 29.8 Å². The highest BCUT2D eigenvalue weighted by Gasteiger charge is 2.04. The van der Waals surface area contributed by atoms with E-state index >= 15 is 0 Å². The van der Waals surface area contributed by atoms with Crippen LogP contribution in [0.4, 0.5) is 0 Å². The molecule has 1 nitrogen and oxygen atoms in total. The van der Waals surface area contributed by atoms with Crippen molar-refractivity contribution in [2.45, 2.75) is 13.3 Å². The lowest BCUT2D eigenvalue weighted by Crippen LogP contribution is -1.95. The van der Waals surface area contributed by atoms with Gasteiger partial charge >= 0.3 is 0 Å². The molecule has 1 aromatic rings. The van der Waals surface area contributed by atoms with E-state index in [2.05, 4.69) is 19.1 Å². The summed E-state index contributed by atoms with van der Waals surface area (Å²) in [4.78, 5) is 0. The largest absolute Gasteiger partial charge is 0.493 e. The Morgan fingerprint density at radius 2 is 2.08 bits per heavy atom. The molecule has 1 heteroatoms. The maximum absolute atomic E-state index is 5.57. The molecule has 0 atom stereocenters. The molecule has 0 N–H and O–H groups in total. The molecule has 0 aliphatic carbocycles. The molecule has 0 aromatic heterocycles. The maximum Gasteiger partial charge on any atom is 0.126 e. The molecule has 12 heavy (non-hydrogen) atoms. The van der Waals surface area contributed by atoms with Gasteiger partial charge in [0.25, 0.3) is 0 Å².